The summed E-state index contributed by atoms with van der Waals surface area (Å²) in [4.78, 5) is 15.0. The molecule has 0 saturated carbocycles. The minimum Gasteiger partial charge on any atom is -0.300 e. The van der Waals surface area contributed by atoms with E-state index < -0.39 is 0 Å². The van der Waals surface area contributed by atoms with Crippen molar-refractivity contribution in [2.24, 2.45) is 0 Å². The molecular formula is C12H13N3O. The van der Waals surface area contributed by atoms with Gasteiger partial charge in [0.05, 0.1) is 18.7 Å². The van der Waals surface area contributed by atoms with Gasteiger partial charge in [0.1, 0.15) is 5.78 Å². The lowest BCUT2D eigenvalue weighted by Gasteiger charge is -2.00. The van der Waals surface area contributed by atoms with Crippen LogP contribution in [0.2, 0.25) is 0 Å². The predicted octanol–water partition coefficient (Wildman–Crippen LogP) is 1.46. The van der Waals surface area contributed by atoms with Crippen LogP contribution in [0.4, 0.5) is 0 Å². The van der Waals surface area contributed by atoms with Crippen LogP contribution in [-0.2, 0) is 17.8 Å². The third-order valence-corrected chi connectivity index (χ3v) is 2.19. The number of hydrogen-bond donors (Lipinski definition) is 0. The van der Waals surface area contributed by atoms with E-state index in [1.54, 1.807) is 13.1 Å². The van der Waals surface area contributed by atoms with Crippen molar-refractivity contribution in [2.75, 3.05) is 0 Å². The lowest BCUT2D eigenvalue weighted by atomic mass is 10.2. The first kappa shape index (κ1) is 10.5. The van der Waals surface area contributed by atoms with E-state index in [2.05, 4.69) is 10.1 Å². The summed E-state index contributed by atoms with van der Waals surface area (Å²) in [6.45, 7) is 2.26. The zero-order valence-corrected chi connectivity index (χ0v) is 9.13. The average Bonchev–Trinajstić information content (AvgIpc) is 2.66. The molecular weight excluding hydrogens is 202 g/mol. The highest BCUT2D eigenvalue weighted by atomic mass is 16.1. The van der Waals surface area contributed by atoms with Crippen molar-refractivity contribution < 1.29 is 4.79 Å². The van der Waals surface area contributed by atoms with Crippen LogP contribution in [0.3, 0.4) is 0 Å². The SMILES string of the molecule is CC(=O)Cc1ccn(Cc2cccnc2)n1. The first-order chi connectivity index (χ1) is 7.74. The van der Waals surface area contributed by atoms with Crippen LogP contribution in [0.25, 0.3) is 0 Å². The van der Waals surface area contributed by atoms with Crippen molar-refractivity contribution >= 4 is 5.78 Å². The standard InChI is InChI=1S/C12H13N3O/c1-10(16)7-12-4-6-15(14-12)9-11-3-2-5-13-8-11/h2-6,8H,7,9H2,1H3. The third kappa shape index (κ3) is 2.76. The summed E-state index contributed by atoms with van der Waals surface area (Å²) in [7, 11) is 0. The lowest BCUT2D eigenvalue weighted by Crippen LogP contribution is -2.03. The van der Waals surface area contributed by atoms with Gasteiger partial charge in [-0.05, 0) is 24.6 Å². The van der Waals surface area contributed by atoms with E-state index in [9.17, 15) is 4.79 Å². The molecule has 2 aromatic rings. The van der Waals surface area contributed by atoms with Crippen LogP contribution in [0, 0.1) is 0 Å². The van der Waals surface area contributed by atoms with Crippen molar-refractivity contribution in [3.63, 3.8) is 0 Å². The summed E-state index contributed by atoms with van der Waals surface area (Å²) in [5.74, 6) is 0.131. The van der Waals surface area contributed by atoms with Crippen molar-refractivity contribution in [2.45, 2.75) is 19.9 Å². The van der Waals surface area contributed by atoms with Crippen molar-refractivity contribution in [3.8, 4) is 0 Å². The molecule has 0 spiro atoms. The number of Topliss-reactive ketones (excluding diaryl/α,β-unsaturated/α-hetero) is 1. The molecule has 0 aromatic carbocycles. The first-order valence-electron chi connectivity index (χ1n) is 5.15. The van der Waals surface area contributed by atoms with E-state index in [1.807, 2.05) is 35.3 Å². The molecule has 2 aromatic heterocycles. The van der Waals surface area contributed by atoms with Crippen LogP contribution < -0.4 is 0 Å². The Morgan fingerprint density at radius 1 is 1.44 bits per heavy atom. The molecule has 0 unspecified atom stereocenters. The molecule has 0 amide bonds. The molecule has 0 aliphatic carbocycles. The second kappa shape index (κ2) is 4.70. The Hall–Kier alpha value is -1.97. The summed E-state index contributed by atoms with van der Waals surface area (Å²) < 4.78 is 1.81. The molecule has 2 heterocycles. The zero-order valence-electron chi connectivity index (χ0n) is 9.13. The zero-order chi connectivity index (χ0) is 11.4. The molecule has 2 rings (SSSR count). The number of ketones is 1. The van der Waals surface area contributed by atoms with Gasteiger partial charge in [0, 0.05) is 18.6 Å². The summed E-state index contributed by atoms with van der Waals surface area (Å²) in [5, 5.41) is 4.31. The molecule has 4 nitrogen and oxygen atoms in total. The number of carbonyl (C=O) groups excluding carboxylic acids is 1. The fourth-order valence-corrected chi connectivity index (χ4v) is 1.52. The first-order valence-corrected chi connectivity index (χ1v) is 5.15. The highest BCUT2D eigenvalue weighted by Gasteiger charge is 2.02. The number of hydrogen-bond acceptors (Lipinski definition) is 3. The van der Waals surface area contributed by atoms with E-state index in [4.69, 9.17) is 0 Å². The van der Waals surface area contributed by atoms with Gasteiger partial charge in [-0.2, -0.15) is 5.10 Å². The fourth-order valence-electron chi connectivity index (χ4n) is 1.52. The summed E-state index contributed by atoms with van der Waals surface area (Å²) in [6, 6.07) is 5.77. The second-order valence-electron chi connectivity index (χ2n) is 3.74. The Morgan fingerprint density at radius 2 is 2.31 bits per heavy atom. The quantitative estimate of drug-likeness (QED) is 0.775. The lowest BCUT2D eigenvalue weighted by molar-refractivity contribution is -0.116. The molecule has 0 radical (unpaired) electrons. The summed E-state index contributed by atoms with van der Waals surface area (Å²) >= 11 is 0. The number of nitrogens with zero attached hydrogens (tertiary/aromatic N) is 3. The van der Waals surface area contributed by atoms with E-state index in [0.717, 1.165) is 11.3 Å². The van der Waals surface area contributed by atoms with Crippen molar-refractivity contribution in [3.05, 3.63) is 48.0 Å². The summed E-state index contributed by atoms with van der Waals surface area (Å²) in [6.07, 6.45) is 5.84. The maximum Gasteiger partial charge on any atom is 0.135 e. The van der Waals surface area contributed by atoms with Gasteiger partial charge in [0.2, 0.25) is 0 Å². The fraction of sp³-hybridized carbons (Fsp3) is 0.250. The van der Waals surface area contributed by atoms with Gasteiger partial charge in [0.15, 0.2) is 0 Å². The Morgan fingerprint density at radius 3 is 3.00 bits per heavy atom. The molecule has 82 valence electrons. The molecule has 0 atom stereocenters. The topological polar surface area (TPSA) is 47.8 Å². The Labute approximate surface area is 93.9 Å². The molecule has 0 saturated heterocycles. The Kier molecular flexibility index (Phi) is 3.10. The molecule has 0 N–H and O–H groups in total. The van der Waals surface area contributed by atoms with E-state index >= 15 is 0 Å². The largest absolute Gasteiger partial charge is 0.300 e. The smallest absolute Gasteiger partial charge is 0.135 e. The molecule has 0 aliphatic heterocycles. The Bertz CT molecular complexity index is 476. The monoisotopic (exact) mass is 215 g/mol. The van der Waals surface area contributed by atoms with Gasteiger partial charge in [-0.15, -0.1) is 0 Å². The van der Waals surface area contributed by atoms with E-state index in [-0.39, 0.29) is 5.78 Å². The van der Waals surface area contributed by atoms with Crippen molar-refractivity contribution in [1.82, 2.24) is 14.8 Å². The van der Waals surface area contributed by atoms with Crippen molar-refractivity contribution in [1.29, 1.82) is 0 Å². The average molecular weight is 215 g/mol. The number of carbonyl (C=O) groups is 1. The Balaban J connectivity index is 2.06. The highest BCUT2D eigenvalue weighted by molar-refractivity contribution is 5.77. The number of rotatable bonds is 4. The van der Waals surface area contributed by atoms with Gasteiger partial charge in [-0.25, -0.2) is 0 Å². The number of aromatic nitrogens is 3. The minimum absolute atomic E-state index is 0.131. The van der Waals surface area contributed by atoms with Gasteiger partial charge in [0.25, 0.3) is 0 Å². The van der Waals surface area contributed by atoms with Gasteiger partial charge < -0.3 is 0 Å². The van der Waals surface area contributed by atoms with Crippen LogP contribution in [0.15, 0.2) is 36.8 Å². The molecule has 4 heteroatoms. The minimum atomic E-state index is 0.131. The van der Waals surface area contributed by atoms with Gasteiger partial charge in [-0.1, -0.05) is 6.07 Å². The van der Waals surface area contributed by atoms with Gasteiger partial charge in [-0.3, -0.25) is 14.5 Å². The normalized spacial score (nSPS) is 10.3. The predicted molar refractivity (Wildman–Crippen MR) is 60.0 cm³/mol. The van der Waals surface area contributed by atoms with Crippen LogP contribution >= 0.6 is 0 Å². The van der Waals surface area contributed by atoms with E-state index in [0.29, 0.717) is 13.0 Å². The molecule has 0 aliphatic rings. The van der Waals surface area contributed by atoms with Crippen LogP contribution in [0.5, 0.6) is 0 Å². The maximum atomic E-state index is 10.9. The van der Waals surface area contributed by atoms with Gasteiger partial charge >= 0.3 is 0 Å². The molecule has 0 fully saturated rings. The maximum absolute atomic E-state index is 10.9. The number of pyridine rings is 1. The summed E-state index contributed by atoms with van der Waals surface area (Å²) in [5.41, 5.74) is 1.91. The second-order valence-corrected chi connectivity index (χ2v) is 3.74. The van der Waals surface area contributed by atoms with Crippen LogP contribution in [0.1, 0.15) is 18.2 Å². The third-order valence-electron chi connectivity index (χ3n) is 2.19. The molecule has 16 heavy (non-hydrogen) atoms. The van der Waals surface area contributed by atoms with E-state index in [1.165, 1.54) is 0 Å². The molecule has 0 bridgehead atoms. The highest BCUT2D eigenvalue weighted by Crippen LogP contribution is 2.02. The van der Waals surface area contributed by atoms with Crippen LogP contribution in [-0.4, -0.2) is 20.5 Å².